The lowest BCUT2D eigenvalue weighted by Crippen LogP contribution is -2.35. The van der Waals surface area contributed by atoms with Crippen molar-refractivity contribution in [3.05, 3.63) is 50.4 Å². The number of thiophene rings is 1. The van der Waals surface area contributed by atoms with Crippen molar-refractivity contribution in [1.82, 2.24) is 4.98 Å². The molecule has 0 atom stereocenters. The zero-order chi connectivity index (χ0) is 19.8. The van der Waals surface area contributed by atoms with Crippen molar-refractivity contribution in [1.29, 1.82) is 0 Å². The van der Waals surface area contributed by atoms with Crippen LogP contribution in [0.25, 0.3) is 21.2 Å². The number of benzene rings is 1. The van der Waals surface area contributed by atoms with Crippen molar-refractivity contribution in [2.45, 2.75) is 0 Å². The van der Waals surface area contributed by atoms with Gasteiger partial charge in [-0.2, -0.15) is 0 Å². The van der Waals surface area contributed by atoms with Crippen LogP contribution in [0.2, 0.25) is 10.0 Å². The molecular formula is C19H16Cl2N2O4S. The summed E-state index contributed by atoms with van der Waals surface area (Å²) < 4.78 is 10.8. The second kappa shape index (κ2) is 7.75. The minimum atomic E-state index is -0.626. The van der Waals surface area contributed by atoms with Gasteiger partial charge in [-0.25, -0.2) is 4.79 Å². The number of ether oxygens (including phenoxy) is 2. The first-order chi connectivity index (χ1) is 13.5. The quantitative estimate of drug-likeness (QED) is 0.620. The number of carbonyl (C=O) groups is 1. The molecule has 3 heterocycles. The van der Waals surface area contributed by atoms with Gasteiger partial charge < -0.3 is 19.4 Å². The van der Waals surface area contributed by atoms with E-state index in [-0.39, 0.29) is 11.3 Å². The summed E-state index contributed by atoms with van der Waals surface area (Å²) in [6, 6.07) is 7.03. The highest BCUT2D eigenvalue weighted by Crippen LogP contribution is 2.39. The number of H-pyrrole nitrogens is 1. The summed E-state index contributed by atoms with van der Waals surface area (Å²) in [6.07, 6.45) is 0. The molecule has 1 aromatic carbocycles. The molecule has 0 radical (unpaired) electrons. The number of fused-ring (bicyclic) bond motifs is 1. The topological polar surface area (TPSA) is 71.6 Å². The zero-order valence-electron chi connectivity index (χ0n) is 14.9. The maximum atomic E-state index is 12.7. The fourth-order valence-corrected chi connectivity index (χ4v) is 4.66. The standard InChI is InChI=1S/C19H16Cl2N2O4S/c1-26-19(25)16-15(10-2-3-12(20)13(21)8-10)11-9-14(23-4-6-27-7-5-23)28-17(11)18(24)22-16/h2-3,8-9H,4-7H2,1H3,(H,22,24). The van der Waals surface area contributed by atoms with Crippen LogP contribution >= 0.6 is 34.5 Å². The number of aromatic amines is 1. The van der Waals surface area contributed by atoms with Gasteiger partial charge in [0.1, 0.15) is 10.4 Å². The zero-order valence-corrected chi connectivity index (χ0v) is 17.2. The van der Waals surface area contributed by atoms with E-state index in [1.54, 1.807) is 18.2 Å². The number of methoxy groups -OCH3 is 1. The van der Waals surface area contributed by atoms with E-state index in [1.807, 2.05) is 6.07 Å². The first-order valence-electron chi connectivity index (χ1n) is 8.56. The molecule has 3 aromatic rings. The van der Waals surface area contributed by atoms with Gasteiger partial charge in [0.25, 0.3) is 5.56 Å². The minimum Gasteiger partial charge on any atom is -0.464 e. The van der Waals surface area contributed by atoms with Crippen molar-refractivity contribution in [2.75, 3.05) is 38.3 Å². The monoisotopic (exact) mass is 438 g/mol. The highest BCUT2D eigenvalue weighted by molar-refractivity contribution is 7.22. The van der Waals surface area contributed by atoms with Gasteiger partial charge in [0.2, 0.25) is 0 Å². The highest BCUT2D eigenvalue weighted by atomic mass is 35.5. The number of hydrogen-bond donors (Lipinski definition) is 1. The third-order valence-corrected chi connectivity index (χ3v) is 6.54. The number of hydrogen-bond acceptors (Lipinski definition) is 6. The normalized spacial score (nSPS) is 14.5. The number of nitrogens with zero attached hydrogens (tertiary/aromatic N) is 1. The molecule has 0 amide bonds. The Balaban J connectivity index is 1.99. The Labute approximate surface area is 174 Å². The van der Waals surface area contributed by atoms with E-state index in [4.69, 9.17) is 32.7 Å². The van der Waals surface area contributed by atoms with Crippen LogP contribution in [0.3, 0.4) is 0 Å². The second-order valence-corrected chi connectivity index (χ2v) is 8.10. The number of halogens is 2. The van der Waals surface area contributed by atoms with E-state index in [1.165, 1.54) is 18.4 Å². The van der Waals surface area contributed by atoms with Gasteiger partial charge in [-0.15, -0.1) is 11.3 Å². The van der Waals surface area contributed by atoms with E-state index in [2.05, 4.69) is 9.88 Å². The summed E-state index contributed by atoms with van der Waals surface area (Å²) in [7, 11) is 1.27. The van der Waals surface area contributed by atoms with Crippen LogP contribution in [0.4, 0.5) is 5.00 Å². The largest absolute Gasteiger partial charge is 0.464 e. The van der Waals surface area contributed by atoms with Gasteiger partial charge in [0.05, 0.1) is 35.4 Å². The lowest BCUT2D eigenvalue weighted by Gasteiger charge is -2.27. The molecule has 1 aliphatic heterocycles. The van der Waals surface area contributed by atoms with Crippen LogP contribution in [0.5, 0.6) is 0 Å². The van der Waals surface area contributed by atoms with Crippen molar-refractivity contribution in [3.63, 3.8) is 0 Å². The summed E-state index contributed by atoms with van der Waals surface area (Å²) in [4.78, 5) is 29.9. The lowest BCUT2D eigenvalue weighted by atomic mass is 10.00. The van der Waals surface area contributed by atoms with Gasteiger partial charge in [0.15, 0.2) is 0 Å². The molecule has 28 heavy (non-hydrogen) atoms. The third-order valence-electron chi connectivity index (χ3n) is 4.60. The molecule has 9 heteroatoms. The Hall–Kier alpha value is -2.06. The number of esters is 1. The number of anilines is 1. The number of morpholine rings is 1. The smallest absolute Gasteiger partial charge is 0.355 e. The summed E-state index contributed by atoms with van der Waals surface area (Å²) in [5, 5.41) is 2.39. The number of nitrogens with one attached hydrogen (secondary N) is 1. The highest BCUT2D eigenvalue weighted by Gasteiger charge is 2.23. The minimum absolute atomic E-state index is 0.0877. The summed E-state index contributed by atoms with van der Waals surface area (Å²) in [6.45, 7) is 2.77. The maximum Gasteiger partial charge on any atom is 0.355 e. The number of carbonyl (C=O) groups excluding carboxylic acids is 1. The van der Waals surface area contributed by atoms with E-state index in [0.717, 1.165) is 18.1 Å². The van der Waals surface area contributed by atoms with E-state index >= 15 is 0 Å². The average molecular weight is 439 g/mol. The number of pyridine rings is 1. The molecule has 0 unspecified atom stereocenters. The van der Waals surface area contributed by atoms with E-state index in [0.29, 0.717) is 44.5 Å². The molecular weight excluding hydrogens is 423 g/mol. The Kier molecular flexibility index (Phi) is 5.33. The Bertz CT molecular complexity index is 1120. The third kappa shape index (κ3) is 3.39. The molecule has 1 fully saturated rings. The van der Waals surface area contributed by atoms with Crippen molar-refractivity contribution >= 4 is 55.6 Å². The van der Waals surface area contributed by atoms with Crippen LogP contribution in [0.1, 0.15) is 10.5 Å². The van der Waals surface area contributed by atoms with Crippen LogP contribution in [-0.2, 0) is 9.47 Å². The molecule has 0 aliphatic carbocycles. The molecule has 1 aliphatic rings. The van der Waals surface area contributed by atoms with Crippen molar-refractivity contribution in [3.8, 4) is 11.1 Å². The fourth-order valence-electron chi connectivity index (χ4n) is 3.25. The SMILES string of the molecule is COC(=O)c1[nH]c(=O)c2sc(N3CCOCC3)cc2c1-c1ccc(Cl)c(Cl)c1. The number of rotatable bonds is 3. The van der Waals surface area contributed by atoms with E-state index in [9.17, 15) is 9.59 Å². The van der Waals surface area contributed by atoms with Gasteiger partial charge in [-0.05, 0) is 23.8 Å². The first kappa shape index (κ1) is 19.3. The summed E-state index contributed by atoms with van der Waals surface area (Å²) >= 11 is 13.6. The maximum absolute atomic E-state index is 12.7. The molecule has 6 nitrogen and oxygen atoms in total. The van der Waals surface area contributed by atoms with Crippen LogP contribution in [0, 0.1) is 0 Å². The summed E-state index contributed by atoms with van der Waals surface area (Å²) in [5.41, 5.74) is 0.992. The molecule has 1 saturated heterocycles. The van der Waals surface area contributed by atoms with Gasteiger partial charge in [0, 0.05) is 24.0 Å². The predicted molar refractivity (Wildman–Crippen MR) is 112 cm³/mol. The van der Waals surface area contributed by atoms with Crippen LogP contribution in [0.15, 0.2) is 29.1 Å². The molecule has 1 N–H and O–H groups in total. The van der Waals surface area contributed by atoms with E-state index < -0.39 is 5.97 Å². The van der Waals surface area contributed by atoms with Gasteiger partial charge >= 0.3 is 5.97 Å². The molecule has 4 rings (SSSR count). The summed E-state index contributed by atoms with van der Waals surface area (Å²) in [5.74, 6) is -0.626. The average Bonchev–Trinajstić information content (AvgIpc) is 3.16. The Morgan fingerprint density at radius 1 is 1.21 bits per heavy atom. The first-order valence-corrected chi connectivity index (χ1v) is 10.1. The molecule has 2 aromatic heterocycles. The molecule has 146 valence electrons. The van der Waals surface area contributed by atoms with Gasteiger partial charge in [-0.1, -0.05) is 29.3 Å². The Morgan fingerprint density at radius 2 is 1.96 bits per heavy atom. The number of aromatic nitrogens is 1. The van der Waals surface area contributed by atoms with Gasteiger partial charge in [-0.3, -0.25) is 4.79 Å². The second-order valence-electron chi connectivity index (χ2n) is 6.25. The molecule has 0 bridgehead atoms. The fraction of sp³-hybridized carbons (Fsp3) is 0.263. The molecule has 0 spiro atoms. The Morgan fingerprint density at radius 3 is 2.64 bits per heavy atom. The van der Waals surface area contributed by atoms with Crippen molar-refractivity contribution in [2.24, 2.45) is 0 Å². The lowest BCUT2D eigenvalue weighted by molar-refractivity contribution is 0.0595. The van der Waals surface area contributed by atoms with Crippen molar-refractivity contribution < 1.29 is 14.3 Å². The van der Waals surface area contributed by atoms with Crippen LogP contribution in [-0.4, -0.2) is 44.4 Å². The van der Waals surface area contributed by atoms with Crippen LogP contribution < -0.4 is 10.5 Å². The molecule has 0 saturated carbocycles. The predicted octanol–water partition coefficient (Wildman–Crippen LogP) is 4.19.